The number of carbonyl (C=O) groups excluding carboxylic acids is 2. The van der Waals surface area contributed by atoms with Gasteiger partial charge in [0.05, 0.1) is 15.6 Å². The largest absolute Gasteiger partial charge is 0.368 e. The minimum absolute atomic E-state index is 0.200. The first kappa shape index (κ1) is 25.0. The van der Waals surface area contributed by atoms with Gasteiger partial charge in [0.25, 0.3) is 11.5 Å². The summed E-state index contributed by atoms with van der Waals surface area (Å²) in [7, 11) is 1.44. The normalized spacial score (nSPS) is 17.4. The molecule has 0 spiro atoms. The van der Waals surface area contributed by atoms with Gasteiger partial charge < -0.3 is 20.4 Å². The van der Waals surface area contributed by atoms with Crippen molar-refractivity contribution in [3.63, 3.8) is 0 Å². The van der Waals surface area contributed by atoms with Crippen molar-refractivity contribution in [3.8, 4) is 0 Å². The molecule has 0 saturated carbocycles. The maximum absolute atomic E-state index is 14.1. The number of anilines is 2. The molecule has 0 aliphatic carbocycles. The molecule has 0 radical (unpaired) electrons. The Kier molecular flexibility index (Phi) is 6.74. The molecule has 1 unspecified atom stereocenters. The van der Waals surface area contributed by atoms with Crippen molar-refractivity contribution in [2.45, 2.75) is 13.0 Å². The van der Waals surface area contributed by atoms with Crippen LogP contribution in [0.3, 0.4) is 0 Å². The molecular weight excluding hydrogens is 515 g/mol. The second-order valence-corrected chi connectivity index (χ2v) is 9.69. The molecule has 5 rings (SSSR count). The average Bonchev–Trinajstić information content (AvgIpc) is 3.24. The molecule has 1 aromatic heterocycles. The predicted octanol–water partition coefficient (Wildman–Crippen LogP) is 3.78. The van der Waals surface area contributed by atoms with E-state index in [0.29, 0.717) is 53.9 Å². The number of piperazine rings is 1. The second-order valence-electron chi connectivity index (χ2n) is 8.90. The highest BCUT2D eigenvalue weighted by atomic mass is 35.5. The molecule has 2 aliphatic rings. The fourth-order valence-electron chi connectivity index (χ4n) is 4.97. The molecule has 1 atom stereocenters. The Morgan fingerprint density at radius 3 is 2.38 bits per heavy atom. The maximum Gasteiger partial charge on any atom is 0.343 e. The average molecular weight is 541 g/mol. The lowest BCUT2D eigenvalue weighted by molar-refractivity contribution is -0.128. The molecule has 0 bridgehead atoms. The Balaban J connectivity index is 1.56. The quantitative estimate of drug-likeness (QED) is 0.527. The minimum Gasteiger partial charge on any atom is -0.368 e. The van der Waals surface area contributed by atoms with E-state index in [9.17, 15) is 14.4 Å². The van der Waals surface area contributed by atoms with Crippen molar-refractivity contribution in [2.24, 2.45) is 0 Å². The Bertz CT molecular complexity index is 1450. The summed E-state index contributed by atoms with van der Waals surface area (Å²) < 4.78 is 2.44. The molecular formula is C26H26Cl2N6O3. The summed E-state index contributed by atoms with van der Waals surface area (Å²) in [6.45, 7) is 4.17. The van der Waals surface area contributed by atoms with E-state index in [2.05, 4.69) is 27.7 Å². The summed E-state index contributed by atoms with van der Waals surface area (Å²) >= 11 is 13.0. The summed E-state index contributed by atoms with van der Waals surface area (Å²) in [6, 6.07) is 15.0. The third kappa shape index (κ3) is 4.38. The number of hydrogen-bond donors (Lipinski definition) is 2. The number of carbonyl (C=O) groups is 2. The van der Waals surface area contributed by atoms with Gasteiger partial charge in [0.15, 0.2) is 0 Å². The highest BCUT2D eigenvalue weighted by Gasteiger charge is 2.39. The van der Waals surface area contributed by atoms with E-state index in [4.69, 9.17) is 23.2 Å². The molecule has 11 heteroatoms. The molecule has 2 aromatic carbocycles. The van der Waals surface area contributed by atoms with E-state index in [1.54, 1.807) is 30.0 Å². The lowest BCUT2D eigenvalue weighted by Crippen LogP contribution is -2.50. The zero-order valence-corrected chi connectivity index (χ0v) is 21.9. The summed E-state index contributed by atoms with van der Waals surface area (Å²) in [5, 5.41) is 6.20. The first-order valence-electron chi connectivity index (χ1n) is 11.9. The predicted molar refractivity (Wildman–Crippen MR) is 145 cm³/mol. The van der Waals surface area contributed by atoms with E-state index >= 15 is 0 Å². The van der Waals surface area contributed by atoms with E-state index in [-0.39, 0.29) is 10.9 Å². The monoisotopic (exact) mass is 540 g/mol. The number of amides is 2. The van der Waals surface area contributed by atoms with Gasteiger partial charge in [-0.3, -0.25) is 9.59 Å². The van der Waals surface area contributed by atoms with Gasteiger partial charge in [-0.25, -0.2) is 9.48 Å². The second kappa shape index (κ2) is 9.99. The van der Waals surface area contributed by atoms with Gasteiger partial charge in [0.2, 0.25) is 0 Å². The fraction of sp³-hybridized carbons (Fsp3) is 0.269. The van der Waals surface area contributed by atoms with Crippen molar-refractivity contribution in [1.82, 2.24) is 19.6 Å². The number of aromatic nitrogens is 2. The summed E-state index contributed by atoms with van der Waals surface area (Å²) in [5.41, 5.74) is 2.04. The lowest BCUT2D eigenvalue weighted by atomic mass is 9.94. The fourth-order valence-corrected chi connectivity index (χ4v) is 5.38. The number of rotatable bonds is 3. The highest BCUT2D eigenvalue weighted by Crippen LogP contribution is 2.41. The van der Waals surface area contributed by atoms with Crippen LogP contribution in [-0.4, -0.2) is 59.4 Å². The SMILES string of the molecule is CNC(=O)n1c(=O)cc2n1C(c1cccc(Cl)c1Cl)C(C(=O)N1CCN(c3ccccc3)CC1)=C(C)N2. The number of para-hydroxylation sites is 1. The molecule has 9 nitrogen and oxygen atoms in total. The summed E-state index contributed by atoms with van der Waals surface area (Å²) in [4.78, 5) is 43.7. The number of hydrogen-bond acceptors (Lipinski definition) is 5. The number of allylic oxidation sites excluding steroid dienone is 1. The van der Waals surface area contributed by atoms with Gasteiger partial charge in [-0.2, -0.15) is 4.68 Å². The van der Waals surface area contributed by atoms with Crippen LogP contribution in [0.15, 0.2) is 70.7 Å². The summed E-state index contributed by atoms with van der Waals surface area (Å²) in [5.74, 6) is 0.173. The maximum atomic E-state index is 14.1. The van der Waals surface area contributed by atoms with Gasteiger partial charge in [-0.1, -0.05) is 53.5 Å². The van der Waals surface area contributed by atoms with Crippen LogP contribution in [0, 0.1) is 0 Å². The van der Waals surface area contributed by atoms with Gasteiger partial charge in [-0.15, -0.1) is 0 Å². The molecule has 37 heavy (non-hydrogen) atoms. The van der Waals surface area contributed by atoms with Gasteiger partial charge in [0, 0.05) is 56.2 Å². The van der Waals surface area contributed by atoms with Crippen LogP contribution < -0.4 is 21.1 Å². The van der Waals surface area contributed by atoms with Gasteiger partial charge >= 0.3 is 6.03 Å². The summed E-state index contributed by atoms with van der Waals surface area (Å²) in [6.07, 6.45) is 0. The van der Waals surface area contributed by atoms with Crippen LogP contribution in [0.25, 0.3) is 0 Å². The zero-order chi connectivity index (χ0) is 26.3. The molecule has 2 amide bonds. The topological polar surface area (TPSA) is 91.6 Å². The van der Waals surface area contributed by atoms with E-state index in [1.807, 2.05) is 18.2 Å². The Hall–Kier alpha value is -3.69. The number of benzene rings is 2. The third-order valence-electron chi connectivity index (χ3n) is 6.77. The minimum atomic E-state index is -0.859. The van der Waals surface area contributed by atoms with Crippen molar-refractivity contribution in [1.29, 1.82) is 0 Å². The molecule has 1 fully saturated rings. The van der Waals surface area contributed by atoms with Crippen LogP contribution in [-0.2, 0) is 4.79 Å². The van der Waals surface area contributed by atoms with Gasteiger partial charge in [0.1, 0.15) is 11.9 Å². The Morgan fingerprint density at radius 1 is 1.00 bits per heavy atom. The Morgan fingerprint density at radius 2 is 1.70 bits per heavy atom. The van der Waals surface area contributed by atoms with Crippen molar-refractivity contribution >= 4 is 46.6 Å². The number of nitrogens with zero attached hydrogens (tertiary/aromatic N) is 4. The molecule has 2 aliphatic heterocycles. The van der Waals surface area contributed by atoms with E-state index in [0.717, 1.165) is 10.4 Å². The van der Waals surface area contributed by atoms with Crippen molar-refractivity contribution < 1.29 is 9.59 Å². The molecule has 3 heterocycles. The van der Waals surface area contributed by atoms with Crippen molar-refractivity contribution in [2.75, 3.05) is 43.4 Å². The highest BCUT2D eigenvalue weighted by molar-refractivity contribution is 6.42. The smallest absolute Gasteiger partial charge is 0.343 e. The third-order valence-corrected chi connectivity index (χ3v) is 7.60. The number of halogens is 2. The first-order valence-corrected chi connectivity index (χ1v) is 12.6. The molecule has 3 aromatic rings. The van der Waals surface area contributed by atoms with Gasteiger partial charge in [-0.05, 0) is 25.1 Å². The molecule has 2 N–H and O–H groups in total. The van der Waals surface area contributed by atoms with E-state index < -0.39 is 17.6 Å². The van der Waals surface area contributed by atoms with Crippen LogP contribution in [0.5, 0.6) is 0 Å². The number of nitrogens with one attached hydrogen (secondary N) is 2. The standard InChI is InChI=1S/C26H26Cl2N6O3/c1-16-22(25(36)32-13-11-31(12-14-32)17-7-4-3-5-8-17)24(18-9-6-10-19(27)23(18)28)33-20(30-16)15-21(35)34(33)26(37)29-2/h3-10,15,24,30H,11-14H2,1-2H3,(H,29,37). The molecule has 1 saturated heterocycles. The molecule has 192 valence electrons. The van der Waals surface area contributed by atoms with Crippen molar-refractivity contribution in [3.05, 3.63) is 91.8 Å². The van der Waals surface area contributed by atoms with E-state index in [1.165, 1.54) is 17.8 Å². The Labute approximate surface area is 223 Å². The lowest BCUT2D eigenvalue weighted by Gasteiger charge is -2.39. The first-order chi connectivity index (χ1) is 17.8. The van der Waals surface area contributed by atoms with Crippen LogP contribution in [0.1, 0.15) is 18.5 Å². The van der Waals surface area contributed by atoms with Crippen LogP contribution >= 0.6 is 23.2 Å². The zero-order valence-electron chi connectivity index (χ0n) is 20.4. The van der Waals surface area contributed by atoms with Crippen LogP contribution in [0.2, 0.25) is 10.0 Å². The number of fused-ring (bicyclic) bond motifs is 1. The van der Waals surface area contributed by atoms with Crippen LogP contribution in [0.4, 0.5) is 16.3 Å².